The molecule has 0 spiro atoms. The highest BCUT2D eigenvalue weighted by Crippen LogP contribution is 2.26. The lowest BCUT2D eigenvalue weighted by Crippen LogP contribution is -2.36. The van der Waals surface area contributed by atoms with E-state index >= 15 is 0 Å². The van der Waals surface area contributed by atoms with Gasteiger partial charge >= 0.3 is 6.09 Å². The van der Waals surface area contributed by atoms with E-state index in [0.717, 1.165) is 24.3 Å². The minimum Gasteiger partial charge on any atom is -0.489 e. The number of rotatable bonds is 10. The number of pyridine rings is 1. The van der Waals surface area contributed by atoms with Crippen LogP contribution in [0.3, 0.4) is 0 Å². The highest BCUT2D eigenvalue weighted by atomic mass is 16.5. The first kappa shape index (κ1) is 23.8. The Morgan fingerprint density at radius 3 is 2.63 bits per heavy atom. The molecule has 168 valence electrons. The van der Waals surface area contributed by atoms with Gasteiger partial charge in [0.05, 0.1) is 42.0 Å². The first-order chi connectivity index (χ1) is 14.4. The summed E-state index contributed by atoms with van der Waals surface area (Å²) in [5.74, 6) is 6.70. The molecule has 0 atom stereocenters. The van der Waals surface area contributed by atoms with Crippen LogP contribution in [0.2, 0.25) is 0 Å². The van der Waals surface area contributed by atoms with Crippen molar-refractivity contribution in [3.63, 3.8) is 0 Å². The number of aromatic nitrogens is 1. The number of nitrogens with zero attached hydrogens (tertiary/aromatic N) is 2. The van der Waals surface area contributed by atoms with Crippen LogP contribution in [-0.4, -0.2) is 56.1 Å². The maximum absolute atomic E-state index is 11.9. The summed E-state index contributed by atoms with van der Waals surface area (Å²) in [6.07, 6.45) is 6.20. The van der Waals surface area contributed by atoms with Gasteiger partial charge in [-0.1, -0.05) is 6.42 Å². The Morgan fingerprint density at radius 1 is 1.27 bits per heavy atom. The molecule has 1 aromatic rings. The van der Waals surface area contributed by atoms with E-state index in [4.69, 9.17) is 25.8 Å². The van der Waals surface area contributed by atoms with Crippen LogP contribution in [0.25, 0.3) is 5.70 Å². The van der Waals surface area contributed by atoms with Gasteiger partial charge in [-0.15, -0.1) is 0 Å². The van der Waals surface area contributed by atoms with Gasteiger partial charge in [-0.05, 0) is 44.7 Å². The molecule has 1 amide bonds. The number of nitrogens with one attached hydrogen (secondary N) is 1. The fraction of sp³-hybridized carbons (Fsp3) is 0.619. The van der Waals surface area contributed by atoms with E-state index in [2.05, 4.69) is 10.3 Å². The standard InChI is InChI=1S/C21H35N5O4/c1-15-19(30-16-8-5-4-6-9-16)11-10-17(25-15)20(22)18(26(2)23)14-24-21(27)29-13-7-12-28-3/h10-11,16H,4-9,12-14,22-23H2,1-3H3,(H,24,27)/b20-18-. The molecule has 0 saturated heterocycles. The molecule has 0 aliphatic heterocycles. The van der Waals surface area contributed by atoms with Gasteiger partial charge in [-0.25, -0.2) is 15.6 Å². The molecular weight excluding hydrogens is 386 g/mol. The molecule has 0 bridgehead atoms. The van der Waals surface area contributed by atoms with Gasteiger partial charge in [-0.2, -0.15) is 0 Å². The van der Waals surface area contributed by atoms with Crippen molar-refractivity contribution >= 4 is 11.8 Å². The van der Waals surface area contributed by atoms with Crippen LogP contribution in [0.1, 0.15) is 49.9 Å². The number of likely N-dealkylation sites (N-methyl/N-ethyl adjacent to an activating group) is 1. The number of alkyl carbamates (subject to hydrolysis) is 1. The minimum absolute atomic E-state index is 0.114. The molecule has 9 heteroatoms. The molecule has 0 unspecified atom stereocenters. The molecule has 1 aromatic heterocycles. The second-order valence-electron chi connectivity index (χ2n) is 7.47. The molecule has 1 fully saturated rings. The number of ether oxygens (including phenoxy) is 3. The number of carbonyl (C=O) groups excluding carboxylic acids is 1. The van der Waals surface area contributed by atoms with Crippen LogP contribution in [0, 0.1) is 6.92 Å². The Morgan fingerprint density at radius 2 is 2.00 bits per heavy atom. The van der Waals surface area contributed by atoms with Crippen LogP contribution in [0.5, 0.6) is 5.75 Å². The predicted molar refractivity (Wildman–Crippen MR) is 115 cm³/mol. The second-order valence-corrected chi connectivity index (χ2v) is 7.47. The molecule has 0 radical (unpaired) electrons. The summed E-state index contributed by atoms with van der Waals surface area (Å²) in [5.41, 5.74) is 8.57. The Bertz CT molecular complexity index is 717. The van der Waals surface area contributed by atoms with Crippen molar-refractivity contribution in [3.8, 4) is 5.75 Å². The lowest BCUT2D eigenvalue weighted by atomic mass is 9.98. The fourth-order valence-corrected chi connectivity index (χ4v) is 3.32. The van der Waals surface area contributed by atoms with Gasteiger partial charge in [0.1, 0.15) is 5.75 Å². The summed E-state index contributed by atoms with van der Waals surface area (Å²) < 4.78 is 16.1. The lowest BCUT2D eigenvalue weighted by molar-refractivity contribution is 0.124. The number of hydrazine groups is 1. The Hall–Kier alpha value is -2.52. The second kappa shape index (κ2) is 12.2. The van der Waals surface area contributed by atoms with E-state index in [0.29, 0.717) is 30.1 Å². The number of amides is 1. The third-order valence-corrected chi connectivity index (χ3v) is 5.02. The third-order valence-electron chi connectivity index (χ3n) is 5.02. The summed E-state index contributed by atoms with van der Waals surface area (Å²) >= 11 is 0. The monoisotopic (exact) mass is 421 g/mol. The van der Waals surface area contributed by atoms with Crippen molar-refractivity contribution in [2.45, 2.75) is 51.6 Å². The van der Waals surface area contributed by atoms with Crippen molar-refractivity contribution in [2.75, 3.05) is 33.9 Å². The molecule has 1 aliphatic carbocycles. The number of hydrogen-bond acceptors (Lipinski definition) is 8. The molecule has 9 nitrogen and oxygen atoms in total. The average molecular weight is 422 g/mol. The van der Waals surface area contributed by atoms with Crippen LogP contribution in [0.4, 0.5) is 4.79 Å². The number of methoxy groups -OCH3 is 1. The van der Waals surface area contributed by atoms with Crippen molar-refractivity contribution in [1.82, 2.24) is 15.3 Å². The molecular formula is C21H35N5O4. The van der Waals surface area contributed by atoms with Crippen molar-refractivity contribution in [1.29, 1.82) is 0 Å². The van der Waals surface area contributed by atoms with Crippen molar-refractivity contribution in [3.05, 3.63) is 29.2 Å². The van der Waals surface area contributed by atoms with Crippen LogP contribution in [0.15, 0.2) is 17.8 Å². The van der Waals surface area contributed by atoms with Gasteiger partial charge in [0.25, 0.3) is 0 Å². The maximum atomic E-state index is 11.9. The van der Waals surface area contributed by atoms with E-state index < -0.39 is 6.09 Å². The molecule has 1 saturated carbocycles. The molecule has 30 heavy (non-hydrogen) atoms. The number of nitrogens with two attached hydrogens (primary N) is 2. The van der Waals surface area contributed by atoms with Gasteiger partial charge in [0.15, 0.2) is 0 Å². The van der Waals surface area contributed by atoms with E-state index in [-0.39, 0.29) is 19.3 Å². The third kappa shape index (κ3) is 7.38. The topological polar surface area (TPSA) is 125 Å². The molecule has 0 aromatic carbocycles. The predicted octanol–water partition coefficient (Wildman–Crippen LogP) is 2.30. The summed E-state index contributed by atoms with van der Waals surface area (Å²) in [4.78, 5) is 16.4. The molecule has 2 rings (SSSR count). The van der Waals surface area contributed by atoms with E-state index in [1.54, 1.807) is 14.2 Å². The quantitative estimate of drug-likeness (QED) is 0.299. The molecule has 1 heterocycles. The van der Waals surface area contributed by atoms with Gasteiger partial charge < -0.3 is 30.3 Å². The van der Waals surface area contributed by atoms with E-state index in [1.807, 2.05) is 19.1 Å². The van der Waals surface area contributed by atoms with Gasteiger partial charge in [-0.3, -0.25) is 0 Å². The van der Waals surface area contributed by atoms with Crippen LogP contribution in [-0.2, 0) is 9.47 Å². The summed E-state index contributed by atoms with van der Waals surface area (Å²) in [7, 11) is 3.25. The highest BCUT2D eigenvalue weighted by molar-refractivity contribution is 5.69. The first-order valence-electron chi connectivity index (χ1n) is 10.4. The zero-order valence-electron chi connectivity index (χ0n) is 18.3. The van der Waals surface area contributed by atoms with Gasteiger partial charge in [0, 0.05) is 27.2 Å². The fourth-order valence-electron chi connectivity index (χ4n) is 3.32. The number of carbonyl (C=O) groups is 1. The molecule has 5 N–H and O–H groups in total. The highest BCUT2D eigenvalue weighted by Gasteiger charge is 2.18. The van der Waals surface area contributed by atoms with Crippen molar-refractivity contribution < 1.29 is 19.0 Å². The number of hydrogen-bond donors (Lipinski definition) is 3. The van der Waals surface area contributed by atoms with Crippen LogP contribution < -0.4 is 21.6 Å². The minimum atomic E-state index is -0.543. The van der Waals surface area contributed by atoms with E-state index in [9.17, 15) is 4.79 Å². The Labute approximate surface area is 178 Å². The lowest BCUT2D eigenvalue weighted by Gasteiger charge is -2.24. The molecule has 1 aliphatic rings. The normalized spacial score (nSPS) is 15.3. The number of aryl methyl sites for hydroxylation is 1. The summed E-state index contributed by atoms with van der Waals surface area (Å²) in [6.45, 7) is 2.82. The van der Waals surface area contributed by atoms with Gasteiger partial charge in [0.2, 0.25) is 0 Å². The zero-order valence-corrected chi connectivity index (χ0v) is 18.3. The average Bonchev–Trinajstić information content (AvgIpc) is 2.73. The first-order valence-corrected chi connectivity index (χ1v) is 10.4. The summed E-state index contributed by atoms with van der Waals surface area (Å²) in [5, 5.41) is 4.02. The smallest absolute Gasteiger partial charge is 0.407 e. The van der Waals surface area contributed by atoms with Crippen molar-refractivity contribution in [2.24, 2.45) is 11.6 Å². The Balaban J connectivity index is 2.02. The maximum Gasteiger partial charge on any atom is 0.407 e. The Kier molecular flexibility index (Phi) is 9.69. The van der Waals surface area contributed by atoms with Crippen LogP contribution >= 0.6 is 0 Å². The zero-order chi connectivity index (χ0) is 21.9. The largest absolute Gasteiger partial charge is 0.489 e. The van der Waals surface area contributed by atoms with E-state index in [1.165, 1.54) is 24.3 Å². The SMILES string of the molecule is COCCCOC(=O)NC/C(=C(/N)c1ccc(OC2CCCCC2)c(C)n1)N(C)N. The summed E-state index contributed by atoms with van der Waals surface area (Å²) in [6, 6.07) is 3.71.